The third-order valence-corrected chi connectivity index (χ3v) is 2.64. The zero-order chi connectivity index (χ0) is 12.1. The molecule has 3 atom stereocenters. The molecule has 0 spiro atoms. The van der Waals surface area contributed by atoms with E-state index in [1.54, 1.807) is 6.92 Å². The standard InChI is InChI=1S/C13H20O3/c1-9-4-6-12(7-5-9)11(3)16-13(8-14)10(2)15/h4-7,10-11,13-15H,8H2,1-3H3. The molecule has 0 heterocycles. The van der Waals surface area contributed by atoms with Crippen LogP contribution < -0.4 is 0 Å². The Morgan fingerprint density at radius 2 is 1.75 bits per heavy atom. The fourth-order valence-corrected chi connectivity index (χ4v) is 1.49. The lowest BCUT2D eigenvalue weighted by atomic mass is 10.1. The molecule has 16 heavy (non-hydrogen) atoms. The molecule has 0 aromatic heterocycles. The number of benzene rings is 1. The molecule has 0 aliphatic rings. The molecule has 1 aromatic rings. The summed E-state index contributed by atoms with van der Waals surface area (Å²) in [7, 11) is 0. The molecular weight excluding hydrogens is 204 g/mol. The van der Waals surface area contributed by atoms with Crippen LogP contribution in [-0.4, -0.2) is 29.0 Å². The van der Waals surface area contributed by atoms with E-state index in [2.05, 4.69) is 0 Å². The fraction of sp³-hybridized carbons (Fsp3) is 0.538. The maximum absolute atomic E-state index is 9.37. The number of aliphatic hydroxyl groups excluding tert-OH is 2. The van der Waals surface area contributed by atoms with E-state index in [1.165, 1.54) is 5.56 Å². The van der Waals surface area contributed by atoms with Crippen LogP contribution in [0.4, 0.5) is 0 Å². The van der Waals surface area contributed by atoms with Crippen LogP contribution >= 0.6 is 0 Å². The SMILES string of the molecule is Cc1ccc(C(C)OC(CO)C(C)O)cc1. The van der Waals surface area contributed by atoms with Gasteiger partial charge in [0.15, 0.2) is 0 Å². The highest BCUT2D eigenvalue weighted by atomic mass is 16.5. The van der Waals surface area contributed by atoms with E-state index in [-0.39, 0.29) is 12.7 Å². The highest BCUT2D eigenvalue weighted by Gasteiger charge is 2.18. The number of hydrogen-bond acceptors (Lipinski definition) is 3. The van der Waals surface area contributed by atoms with Crippen LogP contribution in [0.2, 0.25) is 0 Å². The molecule has 3 nitrogen and oxygen atoms in total. The van der Waals surface area contributed by atoms with Gasteiger partial charge in [-0.05, 0) is 26.3 Å². The van der Waals surface area contributed by atoms with E-state index in [4.69, 9.17) is 9.84 Å². The molecule has 0 saturated heterocycles. The molecule has 90 valence electrons. The van der Waals surface area contributed by atoms with E-state index in [1.807, 2.05) is 38.1 Å². The van der Waals surface area contributed by atoms with Crippen molar-refractivity contribution in [2.45, 2.75) is 39.1 Å². The lowest BCUT2D eigenvalue weighted by Gasteiger charge is -2.23. The molecule has 0 bridgehead atoms. The van der Waals surface area contributed by atoms with Crippen molar-refractivity contribution >= 4 is 0 Å². The monoisotopic (exact) mass is 224 g/mol. The average Bonchev–Trinajstić information content (AvgIpc) is 2.26. The van der Waals surface area contributed by atoms with Crippen molar-refractivity contribution in [1.29, 1.82) is 0 Å². The molecule has 3 unspecified atom stereocenters. The predicted octanol–water partition coefficient (Wildman–Crippen LogP) is 1.81. The summed E-state index contributed by atoms with van der Waals surface area (Å²) in [6.07, 6.45) is -1.33. The van der Waals surface area contributed by atoms with Crippen molar-refractivity contribution in [2.75, 3.05) is 6.61 Å². The minimum Gasteiger partial charge on any atom is -0.394 e. The summed E-state index contributed by atoms with van der Waals surface area (Å²) in [5.41, 5.74) is 2.25. The maximum Gasteiger partial charge on any atom is 0.107 e. The summed E-state index contributed by atoms with van der Waals surface area (Å²) in [6, 6.07) is 8.03. The van der Waals surface area contributed by atoms with Crippen molar-refractivity contribution < 1.29 is 14.9 Å². The molecule has 0 saturated carbocycles. The number of hydrogen-bond donors (Lipinski definition) is 2. The molecule has 1 aromatic carbocycles. The van der Waals surface area contributed by atoms with Crippen LogP contribution in [0, 0.1) is 6.92 Å². The number of rotatable bonds is 5. The van der Waals surface area contributed by atoms with Gasteiger partial charge in [-0.2, -0.15) is 0 Å². The molecule has 0 fully saturated rings. The minimum atomic E-state index is -0.669. The van der Waals surface area contributed by atoms with Crippen molar-refractivity contribution in [3.63, 3.8) is 0 Å². The highest BCUT2D eigenvalue weighted by molar-refractivity contribution is 5.22. The van der Waals surface area contributed by atoms with Gasteiger partial charge in [0.2, 0.25) is 0 Å². The van der Waals surface area contributed by atoms with Crippen LogP contribution in [0.5, 0.6) is 0 Å². The lowest BCUT2D eigenvalue weighted by molar-refractivity contribution is -0.0881. The summed E-state index contributed by atoms with van der Waals surface area (Å²) >= 11 is 0. The van der Waals surface area contributed by atoms with Gasteiger partial charge in [-0.1, -0.05) is 29.8 Å². The summed E-state index contributed by atoms with van der Waals surface area (Å²) in [6.45, 7) is 5.38. The highest BCUT2D eigenvalue weighted by Crippen LogP contribution is 2.19. The van der Waals surface area contributed by atoms with Crippen molar-refractivity contribution in [1.82, 2.24) is 0 Å². The van der Waals surface area contributed by atoms with Gasteiger partial charge in [-0.15, -0.1) is 0 Å². The molecule has 3 heteroatoms. The van der Waals surface area contributed by atoms with Gasteiger partial charge in [-0.25, -0.2) is 0 Å². The fourth-order valence-electron chi connectivity index (χ4n) is 1.49. The Labute approximate surface area is 96.7 Å². The average molecular weight is 224 g/mol. The third kappa shape index (κ3) is 3.59. The largest absolute Gasteiger partial charge is 0.394 e. The van der Waals surface area contributed by atoms with Crippen molar-refractivity contribution in [2.24, 2.45) is 0 Å². The second-order valence-corrected chi connectivity index (χ2v) is 4.15. The van der Waals surface area contributed by atoms with E-state index < -0.39 is 12.2 Å². The second kappa shape index (κ2) is 5.99. The Morgan fingerprint density at radius 3 is 2.19 bits per heavy atom. The summed E-state index contributed by atoms with van der Waals surface area (Å²) in [4.78, 5) is 0. The normalized spacial score (nSPS) is 16.8. The topological polar surface area (TPSA) is 49.7 Å². The Morgan fingerprint density at radius 1 is 1.19 bits per heavy atom. The van der Waals surface area contributed by atoms with Gasteiger partial charge in [0, 0.05) is 0 Å². The van der Waals surface area contributed by atoms with E-state index in [0.29, 0.717) is 0 Å². The third-order valence-electron chi connectivity index (χ3n) is 2.64. The van der Waals surface area contributed by atoms with Gasteiger partial charge >= 0.3 is 0 Å². The molecule has 1 rings (SSSR count). The van der Waals surface area contributed by atoms with E-state index in [9.17, 15) is 5.11 Å². The Hall–Kier alpha value is -0.900. The first-order valence-corrected chi connectivity index (χ1v) is 5.55. The van der Waals surface area contributed by atoms with Crippen LogP contribution in [0.15, 0.2) is 24.3 Å². The van der Waals surface area contributed by atoms with Gasteiger partial charge in [-0.3, -0.25) is 0 Å². The summed E-state index contributed by atoms with van der Waals surface area (Å²) in [5, 5.41) is 18.4. The zero-order valence-corrected chi connectivity index (χ0v) is 10.1. The minimum absolute atomic E-state index is 0.132. The number of ether oxygens (including phenoxy) is 1. The quantitative estimate of drug-likeness (QED) is 0.802. The molecular formula is C13H20O3. The van der Waals surface area contributed by atoms with Crippen molar-refractivity contribution in [3.8, 4) is 0 Å². The Balaban J connectivity index is 2.64. The van der Waals surface area contributed by atoms with E-state index >= 15 is 0 Å². The first-order chi connectivity index (χ1) is 7.54. The van der Waals surface area contributed by atoms with Crippen LogP contribution in [0.25, 0.3) is 0 Å². The van der Waals surface area contributed by atoms with Gasteiger partial charge in [0.25, 0.3) is 0 Å². The first-order valence-electron chi connectivity index (χ1n) is 5.55. The maximum atomic E-state index is 9.37. The van der Waals surface area contributed by atoms with E-state index in [0.717, 1.165) is 5.56 Å². The molecule has 0 amide bonds. The Bertz CT molecular complexity index is 305. The zero-order valence-electron chi connectivity index (χ0n) is 10.1. The van der Waals surface area contributed by atoms with Crippen LogP contribution in [0.1, 0.15) is 31.1 Å². The smallest absolute Gasteiger partial charge is 0.107 e. The number of aryl methyl sites for hydroxylation is 1. The molecule has 0 aliphatic heterocycles. The van der Waals surface area contributed by atoms with Gasteiger partial charge in [0.1, 0.15) is 6.10 Å². The molecule has 2 N–H and O–H groups in total. The second-order valence-electron chi connectivity index (χ2n) is 4.15. The number of aliphatic hydroxyl groups is 2. The van der Waals surface area contributed by atoms with Crippen molar-refractivity contribution in [3.05, 3.63) is 35.4 Å². The van der Waals surface area contributed by atoms with Gasteiger partial charge in [0.05, 0.1) is 18.8 Å². The summed E-state index contributed by atoms with van der Waals surface area (Å²) in [5.74, 6) is 0. The Kier molecular flexibility index (Phi) is 4.93. The summed E-state index contributed by atoms with van der Waals surface area (Å²) < 4.78 is 5.59. The molecule has 0 radical (unpaired) electrons. The lowest BCUT2D eigenvalue weighted by Crippen LogP contribution is -2.30. The van der Waals surface area contributed by atoms with Crippen LogP contribution in [-0.2, 0) is 4.74 Å². The molecule has 0 aliphatic carbocycles. The van der Waals surface area contributed by atoms with Gasteiger partial charge < -0.3 is 14.9 Å². The van der Waals surface area contributed by atoms with Crippen LogP contribution in [0.3, 0.4) is 0 Å². The predicted molar refractivity (Wildman–Crippen MR) is 63.2 cm³/mol. The first kappa shape index (κ1) is 13.2.